The van der Waals surface area contributed by atoms with E-state index in [-0.39, 0.29) is 5.41 Å². The number of hydrogen-bond donors (Lipinski definition) is 0. The highest BCUT2D eigenvalue weighted by Crippen LogP contribution is 2.63. The molecule has 10 aromatic rings. The van der Waals surface area contributed by atoms with E-state index in [1.54, 1.807) is 0 Å². The van der Waals surface area contributed by atoms with Crippen LogP contribution in [0, 0.1) is 0 Å². The van der Waals surface area contributed by atoms with Crippen molar-refractivity contribution in [3.63, 3.8) is 0 Å². The van der Waals surface area contributed by atoms with Gasteiger partial charge in [0.2, 0.25) is 0 Å². The van der Waals surface area contributed by atoms with Gasteiger partial charge >= 0.3 is 0 Å². The molecule has 0 spiro atoms. The Labute approximate surface area is 367 Å². The summed E-state index contributed by atoms with van der Waals surface area (Å²) < 4.78 is 1.32. The van der Waals surface area contributed by atoms with Crippen LogP contribution in [0.15, 0.2) is 224 Å². The second kappa shape index (κ2) is 14.2. The van der Waals surface area contributed by atoms with Gasteiger partial charge < -0.3 is 4.90 Å². The molecule has 1 nitrogen and oxygen atoms in total. The molecule has 12 rings (SSSR count). The highest BCUT2D eigenvalue weighted by atomic mass is 32.1. The molecule has 62 heavy (non-hydrogen) atoms. The molecule has 0 saturated carbocycles. The van der Waals surface area contributed by atoms with E-state index >= 15 is 0 Å². The summed E-state index contributed by atoms with van der Waals surface area (Å²) in [6.07, 6.45) is 0. The van der Waals surface area contributed by atoms with E-state index in [1.165, 1.54) is 87.3 Å². The zero-order valence-corrected chi connectivity index (χ0v) is 35.5. The fraction of sp³-hybridized carbons (Fsp3) is 0.0667. The van der Waals surface area contributed by atoms with Crippen LogP contribution in [0.25, 0.3) is 53.9 Å². The van der Waals surface area contributed by atoms with Crippen molar-refractivity contribution in [2.75, 3.05) is 4.90 Å². The maximum atomic E-state index is 2.45. The summed E-state index contributed by atoms with van der Waals surface area (Å²) in [4.78, 5) is 3.81. The molecule has 294 valence electrons. The van der Waals surface area contributed by atoms with Gasteiger partial charge in [-0.1, -0.05) is 196 Å². The summed E-state index contributed by atoms with van der Waals surface area (Å²) in [5.74, 6) is 0. The van der Waals surface area contributed by atoms with Gasteiger partial charge in [-0.25, -0.2) is 0 Å². The molecule has 0 unspecified atom stereocenters. The first-order chi connectivity index (χ1) is 30.5. The Hall–Kier alpha value is -7.26. The third-order valence-electron chi connectivity index (χ3n) is 13.5. The van der Waals surface area contributed by atoms with Crippen LogP contribution in [0.4, 0.5) is 17.1 Å². The Morgan fingerprint density at radius 2 is 0.919 bits per heavy atom. The molecule has 0 fully saturated rings. The van der Waals surface area contributed by atoms with Gasteiger partial charge in [0.15, 0.2) is 0 Å². The van der Waals surface area contributed by atoms with E-state index in [2.05, 4.69) is 243 Å². The number of benzene rings is 9. The number of rotatable bonds is 7. The van der Waals surface area contributed by atoms with Crippen LogP contribution in [-0.4, -0.2) is 0 Å². The fourth-order valence-electron chi connectivity index (χ4n) is 10.8. The summed E-state index contributed by atoms with van der Waals surface area (Å²) in [6.45, 7) is 4.73. The average Bonchev–Trinajstić information content (AvgIpc) is 3.94. The van der Waals surface area contributed by atoms with Crippen molar-refractivity contribution in [2.24, 2.45) is 0 Å². The van der Waals surface area contributed by atoms with E-state index in [9.17, 15) is 0 Å². The first-order valence-electron chi connectivity index (χ1n) is 21.6. The smallest absolute Gasteiger partial charge is 0.0734 e. The Kier molecular flexibility index (Phi) is 8.36. The SMILES string of the molecule is CC1(C)c2ccccc2-c2ccc(N(c3ccc(-c4ccccc4)cc3)c3cccc(-c4cccc5c4C(c4ccccc4)(c4ccccc4)c4c-5sc5ccccc45)c3)cc21. The molecule has 0 bridgehead atoms. The third kappa shape index (κ3) is 5.40. The van der Waals surface area contributed by atoms with Crippen molar-refractivity contribution >= 4 is 38.5 Å². The average molecular weight is 810 g/mol. The molecule has 1 heterocycles. The monoisotopic (exact) mass is 809 g/mol. The van der Waals surface area contributed by atoms with Crippen LogP contribution < -0.4 is 4.90 Å². The molecule has 0 N–H and O–H groups in total. The van der Waals surface area contributed by atoms with Crippen molar-refractivity contribution in [1.29, 1.82) is 0 Å². The van der Waals surface area contributed by atoms with E-state index in [0.29, 0.717) is 0 Å². The molecule has 2 aliphatic carbocycles. The molecule has 0 radical (unpaired) electrons. The van der Waals surface area contributed by atoms with Crippen LogP contribution in [0.3, 0.4) is 0 Å². The molecule has 0 aliphatic heterocycles. The lowest BCUT2D eigenvalue weighted by Crippen LogP contribution is -2.29. The van der Waals surface area contributed by atoms with E-state index in [4.69, 9.17) is 0 Å². The second-order valence-corrected chi connectivity index (χ2v) is 18.3. The zero-order valence-electron chi connectivity index (χ0n) is 34.7. The lowest BCUT2D eigenvalue weighted by atomic mass is 9.65. The van der Waals surface area contributed by atoms with Gasteiger partial charge in [-0.05, 0) is 120 Å². The maximum absolute atomic E-state index is 2.45. The van der Waals surface area contributed by atoms with Crippen LogP contribution in [-0.2, 0) is 10.8 Å². The number of fused-ring (bicyclic) bond motifs is 8. The molecule has 0 atom stereocenters. The normalized spacial score (nSPS) is 13.9. The first-order valence-corrected chi connectivity index (χ1v) is 22.4. The lowest BCUT2D eigenvalue weighted by Gasteiger charge is -2.35. The van der Waals surface area contributed by atoms with E-state index in [1.807, 2.05) is 11.3 Å². The minimum atomic E-state index is -0.535. The van der Waals surface area contributed by atoms with Gasteiger partial charge in [0.25, 0.3) is 0 Å². The first kappa shape index (κ1) is 36.6. The van der Waals surface area contributed by atoms with Crippen LogP contribution in [0.2, 0.25) is 0 Å². The third-order valence-corrected chi connectivity index (χ3v) is 14.7. The Morgan fingerprint density at radius 3 is 1.68 bits per heavy atom. The topological polar surface area (TPSA) is 3.24 Å². The number of nitrogens with zero attached hydrogens (tertiary/aromatic N) is 1. The molecular weight excluding hydrogens is 767 g/mol. The Bertz CT molecular complexity index is 3270. The maximum Gasteiger partial charge on any atom is 0.0734 e. The molecule has 9 aromatic carbocycles. The van der Waals surface area contributed by atoms with E-state index < -0.39 is 5.41 Å². The number of thiophene rings is 1. The van der Waals surface area contributed by atoms with E-state index in [0.717, 1.165) is 17.1 Å². The Balaban J connectivity index is 1.08. The molecule has 2 heteroatoms. The predicted octanol–water partition coefficient (Wildman–Crippen LogP) is 16.4. The van der Waals surface area contributed by atoms with Crippen molar-refractivity contribution < 1.29 is 0 Å². The zero-order chi connectivity index (χ0) is 41.4. The largest absolute Gasteiger partial charge is 0.310 e. The van der Waals surface area contributed by atoms with Gasteiger partial charge in [0.05, 0.1) is 5.41 Å². The fourth-order valence-corrected chi connectivity index (χ4v) is 12.1. The molecule has 0 amide bonds. The molecule has 0 saturated heterocycles. The summed E-state index contributed by atoms with van der Waals surface area (Å²) >= 11 is 1.92. The van der Waals surface area contributed by atoms with Crippen molar-refractivity contribution in [3.05, 3.63) is 258 Å². The van der Waals surface area contributed by atoms with Crippen molar-refractivity contribution in [1.82, 2.24) is 0 Å². The van der Waals surface area contributed by atoms with Crippen LogP contribution in [0.1, 0.15) is 47.2 Å². The van der Waals surface area contributed by atoms with Crippen molar-refractivity contribution in [2.45, 2.75) is 24.7 Å². The molecular formula is C60H43NS. The van der Waals surface area contributed by atoms with Gasteiger partial charge in [0.1, 0.15) is 0 Å². The van der Waals surface area contributed by atoms with Gasteiger partial charge in [-0.2, -0.15) is 0 Å². The highest BCUT2D eigenvalue weighted by Gasteiger charge is 2.49. The minimum Gasteiger partial charge on any atom is -0.310 e. The summed E-state index contributed by atoms with van der Waals surface area (Å²) in [6, 6.07) is 83.3. The number of anilines is 3. The minimum absolute atomic E-state index is 0.126. The molecule has 1 aromatic heterocycles. The quantitative estimate of drug-likeness (QED) is 0.155. The second-order valence-electron chi connectivity index (χ2n) is 17.2. The van der Waals surface area contributed by atoms with Crippen LogP contribution >= 0.6 is 11.3 Å². The predicted molar refractivity (Wildman–Crippen MR) is 262 cm³/mol. The Morgan fingerprint density at radius 1 is 0.371 bits per heavy atom. The van der Waals surface area contributed by atoms with Gasteiger partial charge in [-0.3, -0.25) is 0 Å². The standard InChI is InChI=1S/C60H43NS/c1-59(2)53-30-14-12-26-49(53)50-37-36-47(39-54(50)59)61(45-34-32-41(33-35-45)40-18-6-3-7-19-40)46-25-16-20-42(38-46)48-28-17-29-52-56(48)60(43-21-8-4-9-22-43,44-23-10-5-11-24-44)57-51-27-13-15-31-55(51)62-58(52)57/h3-39H,1-2H3. The summed E-state index contributed by atoms with van der Waals surface area (Å²) in [5.41, 5.74) is 19.5. The summed E-state index contributed by atoms with van der Waals surface area (Å²) in [7, 11) is 0. The van der Waals surface area contributed by atoms with Gasteiger partial charge in [0, 0.05) is 32.1 Å². The number of hydrogen-bond acceptors (Lipinski definition) is 2. The highest BCUT2D eigenvalue weighted by molar-refractivity contribution is 7.22. The molecule has 2 aliphatic rings. The van der Waals surface area contributed by atoms with Gasteiger partial charge in [-0.15, -0.1) is 11.3 Å². The van der Waals surface area contributed by atoms with Crippen molar-refractivity contribution in [3.8, 4) is 43.8 Å². The summed E-state index contributed by atoms with van der Waals surface area (Å²) in [5, 5.41) is 1.32. The van der Waals surface area contributed by atoms with Crippen LogP contribution in [0.5, 0.6) is 0 Å². The lowest BCUT2D eigenvalue weighted by molar-refractivity contribution is 0.660.